The van der Waals surface area contributed by atoms with E-state index in [-0.39, 0.29) is 0 Å². The van der Waals surface area contributed by atoms with E-state index in [1.807, 2.05) is 132 Å². The third kappa shape index (κ3) is 33.1. The Morgan fingerprint density at radius 1 is 0.633 bits per heavy atom. The molecule has 0 spiro atoms. The molecule has 0 fully saturated rings. The summed E-state index contributed by atoms with van der Waals surface area (Å²) in [5.74, 6) is 0.856. The number of aryl methyl sites for hydroxylation is 10. The summed E-state index contributed by atoms with van der Waals surface area (Å²) in [4.78, 5) is 8.59. The number of aromatic amines is 2. The lowest BCUT2D eigenvalue weighted by Gasteiger charge is -1.79. The predicted octanol–water partition coefficient (Wildman–Crippen LogP) is 13.6. The Bertz CT molecular complexity index is 1640. The van der Waals surface area contributed by atoms with Gasteiger partial charge in [0.15, 0.2) is 0 Å². The van der Waals surface area contributed by atoms with Crippen molar-refractivity contribution in [3.05, 3.63) is 206 Å². The summed E-state index contributed by atoms with van der Waals surface area (Å²) >= 11 is 6.53. The first kappa shape index (κ1) is 52.1. The lowest BCUT2D eigenvalue weighted by molar-refractivity contribution is 0.397. The lowest BCUT2D eigenvalue weighted by atomic mass is 10.4. The normalized spacial score (nSPS) is 8.83. The van der Waals surface area contributed by atoms with Gasteiger partial charge in [-0.3, -0.25) is 0 Å². The molecule has 10 heterocycles. The molecule has 320 valence electrons. The first-order valence-electron chi connectivity index (χ1n) is 18.5. The van der Waals surface area contributed by atoms with Gasteiger partial charge in [0, 0.05) is 89.0 Å². The summed E-state index contributed by atoms with van der Waals surface area (Å²) in [6.07, 6.45) is 19.9. The third-order valence-corrected chi connectivity index (χ3v) is 9.36. The Kier molecular flexibility index (Phi) is 30.5. The fourth-order valence-corrected chi connectivity index (χ4v) is 5.41. The molecule has 15 heteroatoms. The second-order valence-corrected chi connectivity index (χ2v) is 16.0. The molecule has 0 saturated carbocycles. The second-order valence-electron chi connectivity index (χ2n) is 12.4. The molecule has 0 saturated heterocycles. The van der Waals surface area contributed by atoms with Gasteiger partial charge >= 0.3 is 0 Å². The quantitative estimate of drug-likeness (QED) is 0.153. The number of aromatic nitrogens is 8. The molecule has 0 atom stereocenters. The van der Waals surface area contributed by atoms with Crippen LogP contribution >= 0.6 is 45.7 Å². The molecule has 0 aromatic carbocycles. The molecule has 0 aliphatic rings. The minimum absolute atomic E-state index is 0.856. The summed E-state index contributed by atoms with van der Waals surface area (Å²) in [6, 6.07) is 21.9. The molecule has 10 rings (SSSR count). The third-order valence-electron chi connectivity index (χ3n) is 6.40. The van der Waals surface area contributed by atoms with Gasteiger partial charge in [-0.2, -0.15) is 11.3 Å². The maximum Gasteiger partial charge on any atom is 0.133 e. The SMILES string of the molecule is Cc1cc[nH]c1.Cc1ccc[nH]1.Cc1cccs1.Cc1ccno1.Cc1ccns1.Cc1ccon1.Cc1ccsc1.Cc1cnoc1.Cc1cnsc1.Cn1cccc1. The van der Waals surface area contributed by atoms with Gasteiger partial charge in [0.1, 0.15) is 18.3 Å². The zero-order valence-electron chi connectivity index (χ0n) is 36.1. The Hall–Kier alpha value is -5.87. The zero-order valence-corrected chi connectivity index (χ0v) is 39.3. The van der Waals surface area contributed by atoms with Crippen LogP contribution in [0.25, 0.3) is 0 Å². The van der Waals surface area contributed by atoms with E-state index in [0.29, 0.717) is 0 Å². The van der Waals surface area contributed by atoms with Crippen LogP contribution in [0.4, 0.5) is 0 Å². The van der Waals surface area contributed by atoms with E-state index in [2.05, 4.69) is 103 Å². The molecule has 0 bridgehead atoms. The Labute approximate surface area is 371 Å². The average Bonchev–Trinajstić information content (AvgIpc) is 4.06. The van der Waals surface area contributed by atoms with E-state index in [1.54, 1.807) is 65.9 Å². The molecule has 10 aromatic rings. The molecule has 11 nitrogen and oxygen atoms in total. The monoisotopic (exact) mass is 886 g/mol. The second kappa shape index (κ2) is 35.1. The van der Waals surface area contributed by atoms with Crippen molar-refractivity contribution in [3.63, 3.8) is 0 Å². The summed E-state index contributed by atoms with van der Waals surface area (Å²) in [7, 11) is 2.00. The number of thiophene rings is 2. The first-order valence-corrected chi connectivity index (χ1v) is 22.0. The van der Waals surface area contributed by atoms with Gasteiger partial charge in [0.05, 0.1) is 18.1 Å². The predicted molar refractivity (Wildman–Crippen MR) is 252 cm³/mol. The summed E-state index contributed by atoms with van der Waals surface area (Å²) in [5, 5.41) is 18.7. The largest absolute Gasteiger partial charge is 0.367 e. The van der Waals surface area contributed by atoms with E-state index < -0.39 is 0 Å². The van der Waals surface area contributed by atoms with E-state index in [1.165, 1.54) is 55.2 Å². The maximum atomic E-state index is 4.58. The van der Waals surface area contributed by atoms with Crippen LogP contribution in [0.1, 0.15) is 49.2 Å². The molecule has 0 amide bonds. The highest BCUT2D eigenvalue weighted by molar-refractivity contribution is 7.09. The smallest absolute Gasteiger partial charge is 0.133 e. The van der Waals surface area contributed by atoms with Gasteiger partial charge in [-0.15, -0.1) is 11.3 Å². The standard InChI is InChI=1S/3C5H7N.2C5H6S.3C4H5NO.2C4H5NS/c1-5-2-3-6-4-5;1-6-4-2-3-5-6;1-5-3-2-4-6-5;1-5-2-3-6-4-5;1-5-3-2-4-6-5;1-4-2-5-6-3-4;1-4-2-3-6-5-4;1-4-2-3-5-6-4;1-4-2-5-6-3-4;1-4-2-3-5-6-4/h2-4,6H,1H3;2-5H,1H3;2-4,6H,1H3;2*2-4H,1H3;5*2-3H,1H3. The van der Waals surface area contributed by atoms with Crippen molar-refractivity contribution >= 4 is 45.7 Å². The molecule has 0 aliphatic carbocycles. The number of rotatable bonds is 0. The van der Waals surface area contributed by atoms with Gasteiger partial charge in [-0.1, -0.05) is 21.5 Å². The number of hydrogen-bond acceptors (Lipinski definition) is 12. The molecule has 60 heavy (non-hydrogen) atoms. The highest BCUT2D eigenvalue weighted by Gasteiger charge is 1.81. The Balaban J connectivity index is 0.000000333. The van der Waals surface area contributed by atoms with Crippen molar-refractivity contribution in [3.8, 4) is 0 Å². The van der Waals surface area contributed by atoms with Crippen molar-refractivity contribution in [1.82, 2.24) is 38.8 Å². The first-order chi connectivity index (χ1) is 28.9. The molecule has 0 aliphatic heterocycles. The van der Waals surface area contributed by atoms with Crippen molar-refractivity contribution < 1.29 is 13.6 Å². The maximum absolute atomic E-state index is 4.58. The zero-order chi connectivity index (χ0) is 44.1. The van der Waals surface area contributed by atoms with Crippen LogP contribution in [0.3, 0.4) is 0 Å². The molecular formula is C45H58N8O3S4. The van der Waals surface area contributed by atoms with E-state index >= 15 is 0 Å². The molecule has 0 radical (unpaired) electrons. The fourth-order valence-electron chi connectivity index (χ4n) is 3.29. The van der Waals surface area contributed by atoms with Crippen LogP contribution in [0.2, 0.25) is 0 Å². The van der Waals surface area contributed by atoms with Crippen LogP contribution in [-0.2, 0) is 7.05 Å². The Morgan fingerprint density at radius 3 is 1.60 bits per heavy atom. The molecule has 10 aromatic heterocycles. The van der Waals surface area contributed by atoms with Crippen LogP contribution in [-0.4, -0.2) is 38.8 Å². The summed E-state index contributed by atoms with van der Waals surface area (Å²) in [5.41, 5.74) is 7.11. The van der Waals surface area contributed by atoms with Crippen LogP contribution < -0.4 is 0 Å². The average molecular weight is 887 g/mol. The molecular weight excluding hydrogens is 829 g/mol. The minimum Gasteiger partial charge on any atom is -0.367 e. The number of nitrogens with zero attached hydrogens (tertiary/aromatic N) is 6. The number of hydrogen-bond donors (Lipinski definition) is 2. The Morgan fingerprint density at radius 2 is 1.43 bits per heavy atom. The highest BCUT2D eigenvalue weighted by atomic mass is 32.1. The summed E-state index contributed by atoms with van der Waals surface area (Å²) in [6.45, 7) is 18.0. The number of H-pyrrole nitrogens is 2. The molecule has 0 unspecified atom stereocenters. The van der Waals surface area contributed by atoms with Crippen molar-refractivity contribution in [2.24, 2.45) is 7.05 Å². The van der Waals surface area contributed by atoms with Gasteiger partial charge < -0.3 is 28.1 Å². The van der Waals surface area contributed by atoms with Gasteiger partial charge in [0.25, 0.3) is 0 Å². The van der Waals surface area contributed by atoms with Crippen molar-refractivity contribution in [1.29, 1.82) is 0 Å². The van der Waals surface area contributed by atoms with Crippen molar-refractivity contribution in [2.45, 2.75) is 62.3 Å². The highest BCUT2D eigenvalue weighted by Crippen LogP contribution is 2.04. The van der Waals surface area contributed by atoms with Crippen LogP contribution in [0.15, 0.2) is 170 Å². The summed E-state index contributed by atoms with van der Waals surface area (Å²) < 4.78 is 23.2. The van der Waals surface area contributed by atoms with Gasteiger partial charge in [-0.05, 0) is 167 Å². The van der Waals surface area contributed by atoms with E-state index in [4.69, 9.17) is 0 Å². The number of nitrogens with one attached hydrogen (secondary N) is 2. The van der Waals surface area contributed by atoms with Crippen molar-refractivity contribution in [2.75, 3.05) is 0 Å². The van der Waals surface area contributed by atoms with Crippen LogP contribution in [0, 0.1) is 62.3 Å². The van der Waals surface area contributed by atoms with Crippen LogP contribution in [0.5, 0.6) is 0 Å². The fraction of sp³-hybridized carbons (Fsp3) is 0.222. The topological polar surface area (TPSA) is 140 Å². The van der Waals surface area contributed by atoms with E-state index in [9.17, 15) is 0 Å². The lowest BCUT2D eigenvalue weighted by Crippen LogP contribution is -1.75. The molecule has 2 N–H and O–H groups in total. The van der Waals surface area contributed by atoms with Gasteiger partial charge in [-0.25, -0.2) is 8.75 Å². The van der Waals surface area contributed by atoms with E-state index in [0.717, 1.165) is 17.0 Å². The van der Waals surface area contributed by atoms with Gasteiger partial charge in [0.2, 0.25) is 0 Å². The minimum atomic E-state index is 0.856.